The molecule has 0 spiro atoms. The van der Waals surface area contributed by atoms with Crippen LogP contribution in [-0.4, -0.2) is 37.4 Å². The Labute approximate surface area is 119 Å². The van der Waals surface area contributed by atoms with Crippen molar-refractivity contribution in [3.8, 4) is 0 Å². The molecule has 104 valence electrons. The van der Waals surface area contributed by atoms with E-state index in [0.29, 0.717) is 25.4 Å². The van der Waals surface area contributed by atoms with Crippen LogP contribution in [0.2, 0.25) is 0 Å². The van der Waals surface area contributed by atoms with Gasteiger partial charge in [0.2, 0.25) is 10.0 Å². The van der Waals surface area contributed by atoms with E-state index in [2.05, 4.69) is 12.1 Å². The minimum Gasteiger partial charge on any atom is -0.212 e. The molecule has 0 N–H and O–H groups in total. The van der Waals surface area contributed by atoms with Gasteiger partial charge >= 0.3 is 0 Å². The summed E-state index contributed by atoms with van der Waals surface area (Å²) in [5.74, 6) is 0.531. The lowest BCUT2D eigenvalue weighted by Gasteiger charge is -2.25. The van der Waals surface area contributed by atoms with Gasteiger partial charge in [-0.25, -0.2) is 8.42 Å². The molecule has 0 aromatic heterocycles. The third-order valence-corrected chi connectivity index (χ3v) is 5.44. The minimum atomic E-state index is -3.15. The molecule has 0 fully saturated rings. The standard InChI is InChI=1S/C14H18ClNO2S/c15-9-4-12-19(17,18)16-10-7-14(8-11-16)13-5-2-1-3-6-13/h1-3,5-7H,4,8-12H2. The molecule has 0 radical (unpaired) electrons. The Morgan fingerprint density at radius 3 is 2.53 bits per heavy atom. The fourth-order valence-corrected chi connectivity index (χ4v) is 3.91. The highest BCUT2D eigenvalue weighted by molar-refractivity contribution is 7.89. The van der Waals surface area contributed by atoms with Gasteiger partial charge in [0.05, 0.1) is 5.75 Å². The number of hydrogen-bond donors (Lipinski definition) is 0. The van der Waals surface area contributed by atoms with E-state index in [4.69, 9.17) is 11.6 Å². The number of alkyl halides is 1. The summed E-state index contributed by atoms with van der Waals surface area (Å²) in [4.78, 5) is 0. The smallest absolute Gasteiger partial charge is 0.212 e. The van der Waals surface area contributed by atoms with Gasteiger partial charge in [0, 0.05) is 19.0 Å². The maximum Gasteiger partial charge on any atom is 0.214 e. The number of benzene rings is 1. The molecule has 0 unspecified atom stereocenters. The van der Waals surface area contributed by atoms with Gasteiger partial charge in [0.1, 0.15) is 0 Å². The first-order chi connectivity index (χ1) is 9.13. The zero-order chi connectivity index (χ0) is 13.7. The third-order valence-electron chi connectivity index (χ3n) is 3.25. The molecule has 5 heteroatoms. The van der Waals surface area contributed by atoms with Gasteiger partial charge in [-0.05, 0) is 24.0 Å². The first-order valence-electron chi connectivity index (χ1n) is 6.42. The number of hydrogen-bond acceptors (Lipinski definition) is 2. The van der Waals surface area contributed by atoms with Crippen molar-refractivity contribution in [1.82, 2.24) is 4.31 Å². The van der Waals surface area contributed by atoms with Crippen LogP contribution in [0.25, 0.3) is 5.57 Å². The monoisotopic (exact) mass is 299 g/mol. The fourth-order valence-electron chi connectivity index (χ4n) is 2.18. The van der Waals surface area contributed by atoms with Crippen molar-refractivity contribution in [1.29, 1.82) is 0 Å². The van der Waals surface area contributed by atoms with Gasteiger partial charge in [-0.15, -0.1) is 11.6 Å². The molecule has 1 heterocycles. The summed E-state index contributed by atoms with van der Waals surface area (Å²) in [5, 5.41) is 0. The van der Waals surface area contributed by atoms with Crippen molar-refractivity contribution in [2.24, 2.45) is 0 Å². The molecule has 0 atom stereocenters. The quantitative estimate of drug-likeness (QED) is 0.784. The normalized spacial score (nSPS) is 17.2. The predicted molar refractivity (Wildman–Crippen MR) is 79.7 cm³/mol. The number of rotatable bonds is 5. The molecule has 0 saturated heterocycles. The summed E-state index contributed by atoms with van der Waals surface area (Å²) in [6.45, 7) is 1.03. The summed E-state index contributed by atoms with van der Waals surface area (Å²) in [5.41, 5.74) is 2.41. The van der Waals surface area contributed by atoms with Gasteiger partial charge in [-0.3, -0.25) is 0 Å². The zero-order valence-corrected chi connectivity index (χ0v) is 12.3. The van der Waals surface area contributed by atoms with E-state index in [9.17, 15) is 8.42 Å². The van der Waals surface area contributed by atoms with E-state index in [1.165, 1.54) is 11.1 Å². The molecule has 2 rings (SSSR count). The maximum atomic E-state index is 12.0. The highest BCUT2D eigenvalue weighted by Crippen LogP contribution is 2.23. The van der Waals surface area contributed by atoms with Gasteiger partial charge in [0.25, 0.3) is 0 Å². The highest BCUT2D eigenvalue weighted by atomic mass is 35.5. The van der Waals surface area contributed by atoms with Crippen molar-refractivity contribution in [2.45, 2.75) is 12.8 Å². The van der Waals surface area contributed by atoms with Gasteiger partial charge < -0.3 is 0 Å². The van der Waals surface area contributed by atoms with Crippen molar-refractivity contribution in [3.05, 3.63) is 42.0 Å². The lowest BCUT2D eigenvalue weighted by Crippen LogP contribution is -2.36. The highest BCUT2D eigenvalue weighted by Gasteiger charge is 2.23. The Bertz CT molecular complexity index is 540. The second-order valence-corrected chi connectivity index (χ2v) is 7.03. The summed E-state index contributed by atoms with van der Waals surface area (Å²) in [6.07, 6.45) is 3.29. The topological polar surface area (TPSA) is 37.4 Å². The summed E-state index contributed by atoms with van der Waals surface area (Å²) >= 11 is 5.55. The molecule has 1 aromatic rings. The Hall–Kier alpha value is -0.840. The predicted octanol–water partition coefficient (Wildman–Crippen LogP) is 2.73. The van der Waals surface area contributed by atoms with Crippen molar-refractivity contribution in [3.63, 3.8) is 0 Å². The van der Waals surface area contributed by atoms with Crippen molar-refractivity contribution < 1.29 is 8.42 Å². The molecular weight excluding hydrogens is 282 g/mol. The van der Waals surface area contributed by atoms with Crippen LogP contribution < -0.4 is 0 Å². The van der Waals surface area contributed by atoms with E-state index in [0.717, 1.165) is 6.42 Å². The molecule has 3 nitrogen and oxygen atoms in total. The molecule has 1 aliphatic rings. The van der Waals surface area contributed by atoms with Crippen LogP contribution in [0, 0.1) is 0 Å². The van der Waals surface area contributed by atoms with Crippen LogP contribution in [0.3, 0.4) is 0 Å². The van der Waals surface area contributed by atoms with Crippen molar-refractivity contribution >= 4 is 27.2 Å². The lowest BCUT2D eigenvalue weighted by atomic mass is 10.0. The average molecular weight is 300 g/mol. The van der Waals surface area contributed by atoms with E-state index in [-0.39, 0.29) is 5.75 Å². The molecule has 0 bridgehead atoms. The minimum absolute atomic E-state index is 0.144. The Kier molecular flexibility index (Phi) is 5.02. The Morgan fingerprint density at radius 1 is 1.21 bits per heavy atom. The number of sulfonamides is 1. The molecular formula is C14H18ClNO2S. The molecule has 1 aliphatic heterocycles. The summed E-state index contributed by atoms with van der Waals surface area (Å²) < 4.78 is 25.6. The lowest BCUT2D eigenvalue weighted by molar-refractivity contribution is 0.441. The second kappa shape index (κ2) is 6.55. The molecule has 1 aromatic carbocycles. The van der Waals surface area contributed by atoms with Crippen LogP contribution in [0.1, 0.15) is 18.4 Å². The fraction of sp³-hybridized carbons (Fsp3) is 0.429. The largest absolute Gasteiger partial charge is 0.214 e. The van der Waals surface area contributed by atoms with E-state index in [1.54, 1.807) is 4.31 Å². The third kappa shape index (κ3) is 3.81. The van der Waals surface area contributed by atoms with Crippen molar-refractivity contribution in [2.75, 3.05) is 24.7 Å². The number of nitrogens with zero attached hydrogens (tertiary/aromatic N) is 1. The SMILES string of the molecule is O=S(=O)(CCCCl)N1CC=C(c2ccccc2)CC1. The van der Waals surface area contributed by atoms with Crippen LogP contribution in [0.15, 0.2) is 36.4 Å². The van der Waals surface area contributed by atoms with Gasteiger partial charge in [0.15, 0.2) is 0 Å². The molecule has 19 heavy (non-hydrogen) atoms. The van der Waals surface area contributed by atoms with Crippen LogP contribution in [0.5, 0.6) is 0 Å². The van der Waals surface area contributed by atoms with Gasteiger partial charge in [-0.1, -0.05) is 36.4 Å². The van der Waals surface area contributed by atoms with Crippen LogP contribution in [0.4, 0.5) is 0 Å². The van der Waals surface area contributed by atoms with E-state index < -0.39 is 10.0 Å². The van der Waals surface area contributed by atoms with Crippen LogP contribution in [-0.2, 0) is 10.0 Å². The average Bonchev–Trinajstić information content (AvgIpc) is 2.46. The van der Waals surface area contributed by atoms with E-state index in [1.807, 2.05) is 24.3 Å². The zero-order valence-electron chi connectivity index (χ0n) is 10.8. The van der Waals surface area contributed by atoms with Gasteiger partial charge in [-0.2, -0.15) is 4.31 Å². The number of halogens is 1. The first kappa shape index (κ1) is 14.6. The summed E-state index contributed by atoms with van der Waals surface area (Å²) in [6, 6.07) is 10.1. The Balaban J connectivity index is 2.04. The molecule has 0 amide bonds. The Morgan fingerprint density at radius 2 is 1.95 bits per heavy atom. The van der Waals surface area contributed by atoms with E-state index >= 15 is 0 Å². The maximum absolute atomic E-state index is 12.0. The molecule has 0 saturated carbocycles. The molecule has 0 aliphatic carbocycles. The van der Waals surface area contributed by atoms with Crippen LogP contribution >= 0.6 is 11.6 Å². The second-order valence-electron chi connectivity index (χ2n) is 4.56. The summed E-state index contributed by atoms with van der Waals surface area (Å²) in [7, 11) is -3.15. The first-order valence-corrected chi connectivity index (χ1v) is 8.56.